The minimum atomic E-state index is -3.52. The minimum Gasteiger partial charge on any atom is -0.454 e. The van der Waals surface area contributed by atoms with Crippen molar-refractivity contribution >= 4 is 26.7 Å². The van der Waals surface area contributed by atoms with Crippen molar-refractivity contribution in [3.8, 4) is 11.5 Å². The summed E-state index contributed by atoms with van der Waals surface area (Å²) >= 11 is 5.12. The second-order valence-electron chi connectivity index (χ2n) is 3.44. The lowest BCUT2D eigenvalue weighted by Gasteiger charge is -2.03. The van der Waals surface area contributed by atoms with Crippen molar-refractivity contribution in [1.82, 2.24) is 0 Å². The van der Waals surface area contributed by atoms with Crippen LogP contribution in [0.15, 0.2) is 23.1 Å². The summed E-state index contributed by atoms with van der Waals surface area (Å²) in [6.45, 7) is 0.0823. The molecule has 1 heterocycles. The van der Waals surface area contributed by atoms with Gasteiger partial charge in [0, 0.05) is 12.5 Å². The molecule has 0 bridgehead atoms. The fourth-order valence-electron chi connectivity index (χ4n) is 1.40. The number of fused-ring (bicyclic) bond motifs is 1. The van der Waals surface area contributed by atoms with Crippen LogP contribution in [0.4, 0.5) is 0 Å². The standard InChI is InChI=1S/C10H9ClO5S/c11-10(12)3-4-17(13,14)7-1-2-8-9(5-7)16-6-15-8/h1-2,5H,3-4,6H2. The zero-order valence-electron chi connectivity index (χ0n) is 8.68. The second kappa shape index (κ2) is 4.54. The number of benzene rings is 1. The summed E-state index contributed by atoms with van der Waals surface area (Å²) in [5, 5.41) is -0.672. The van der Waals surface area contributed by atoms with Gasteiger partial charge in [0.25, 0.3) is 0 Å². The van der Waals surface area contributed by atoms with Crippen LogP contribution >= 0.6 is 11.6 Å². The zero-order chi connectivity index (χ0) is 12.5. The van der Waals surface area contributed by atoms with Crippen molar-refractivity contribution < 1.29 is 22.7 Å². The van der Waals surface area contributed by atoms with E-state index < -0.39 is 15.1 Å². The highest BCUT2D eigenvalue weighted by molar-refractivity contribution is 7.91. The maximum absolute atomic E-state index is 11.8. The highest BCUT2D eigenvalue weighted by Gasteiger charge is 2.20. The Hall–Kier alpha value is -1.27. The van der Waals surface area contributed by atoms with Crippen LogP contribution in [-0.2, 0) is 14.6 Å². The summed E-state index contributed by atoms with van der Waals surface area (Å²) in [5.41, 5.74) is 0. The van der Waals surface area contributed by atoms with E-state index in [0.29, 0.717) is 11.5 Å². The Morgan fingerprint density at radius 1 is 1.29 bits per heavy atom. The van der Waals surface area contributed by atoms with Gasteiger partial charge in [-0.2, -0.15) is 0 Å². The van der Waals surface area contributed by atoms with Crippen molar-refractivity contribution in [2.75, 3.05) is 12.5 Å². The molecule has 17 heavy (non-hydrogen) atoms. The van der Waals surface area contributed by atoms with Crippen molar-refractivity contribution in [3.05, 3.63) is 18.2 Å². The molecule has 0 unspecified atom stereocenters. The van der Waals surface area contributed by atoms with Crippen molar-refractivity contribution in [2.45, 2.75) is 11.3 Å². The lowest BCUT2D eigenvalue weighted by Crippen LogP contribution is -2.09. The van der Waals surface area contributed by atoms with Gasteiger partial charge in [0.05, 0.1) is 10.6 Å². The zero-order valence-corrected chi connectivity index (χ0v) is 10.3. The van der Waals surface area contributed by atoms with E-state index in [1.54, 1.807) is 0 Å². The van der Waals surface area contributed by atoms with E-state index in [2.05, 4.69) is 0 Å². The van der Waals surface area contributed by atoms with Gasteiger partial charge in [-0.3, -0.25) is 4.79 Å². The average Bonchev–Trinajstić information content (AvgIpc) is 2.73. The van der Waals surface area contributed by atoms with Crippen LogP contribution < -0.4 is 9.47 Å². The SMILES string of the molecule is O=C(Cl)CCS(=O)(=O)c1ccc2c(c1)OCO2. The highest BCUT2D eigenvalue weighted by Crippen LogP contribution is 2.34. The molecule has 1 aromatic carbocycles. The lowest BCUT2D eigenvalue weighted by molar-refractivity contribution is -0.111. The van der Waals surface area contributed by atoms with Gasteiger partial charge in [0.15, 0.2) is 21.3 Å². The van der Waals surface area contributed by atoms with E-state index in [1.807, 2.05) is 0 Å². The number of ether oxygens (including phenoxy) is 2. The molecule has 0 spiro atoms. The first-order valence-corrected chi connectivity index (χ1v) is 6.83. The van der Waals surface area contributed by atoms with Gasteiger partial charge in [-0.15, -0.1) is 0 Å². The second-order valence-corrected chi connectivity index (χ2v) is 5.97. The summed E-state index contributed by atoms with van der Waals surface area (Å²) in [6.07, 6.45) is -0.210. The van der Waals surface area contributed by atoms with Crippen molar-refractivity contribution in [2.24, 2.45) is 0 Å². The Bertz CT molecular complexity index is 552. The molecule has 1 aromatic rings. The topological polar surface area (TPSA) is 69.7 Å². The normalized spacial score (nSPS) is 13.7. The number of hydrogen-bond acceptors (Lipinski definition) is 5. The van der Waals surface area contributed by atoms with Gasteiger partial charge in [0.2, 0.25) is 12.0 Å². The molecule has 0 fully saturated rings. The summed E-state index contributed by atoms with van der Waals surface area (Å²) < 4.78 is 33.8. The van der Waals surface area contributed by atoms with Crippen molar-refractivity contribution in [1.29, 1.82) is 0 Å². The summed E-state index contributed by atoms with van der Waals surface area (Å²) in [7, 11) is -3.52. The molecule has 0 saturated heterocycles. The molecule has 0 aliphatic carbocycles. The Labute approximate surface area is 103 Å². The van der Waals surface area contributed by atoms with E-state index in [4.69, 9.17) is 21.1 Å². The van der Waals surface area contributed by atoms with Crippen LogP contribution in [0.5, 0.6) is 11.5 Å². The fraction of sp³-hybridized carbons (Fsp3) is 0.300. The van der Waals surface area contributed by atoms with E-state index in [0.717, 1.165) is 0 Å². The summed E-state index contributed by atoms with van der Waals surface area (Å²) in [6, 6.07) is 4.33. The third-order valence-corrected chi connectivity index (χ3v) is 4.17. The Morgan fingerprint density at radius 2 is 2.00 bits per heavy atom. The molecule has 0 N–H and O–H groups in total. The van der Waals surface area contributed by atoms with Gasteiger partial charge >= 0.3 is 0 Å². The molecule has 2 rings (SSSR count). The van der Waals surface area contributed by atoms with Gasteiger partial charge in [-0.25, -0.2) is 8.42 Å². The first-order valence-electron chi connectivity index (χ1n) is 4.80. The largest absolute Gasteiger partial charge is 0.454 e. The van der Waals surface area contributed by atoms with E-state index in [1.165, 1.54) is 18.2 Å². The van der Waals surface area contributed by atoms with Gasteiger partial charge in [-0.05, 0) is 23.7 Å². The lowest BCUT2D eigenvalue weighted by atomic mass is 10.3. The van der Waals surface area contributed by atoms with Crippen molar-refractivity contribution in [3.63, 3.8) is 0 Å². The quantitative estimate of drug-likeness (QED) is 0.776. The molecular weight excluding hydrogens is 268 g/mol. The molecular formula is C10H9ClO5S. The van der Waals surface area contributed by atoms with E-state index in [-0.39, 0.29) is 23.9 Å². The Balaban J connectivity index is 2.24. The van der Waals surface area contributed by atoms with Crippen LogP contribution in [0.1, 0.15) is 6.42 Å². The fourth-order valence-corrected chi connectivity index (χ4v) is 2.86. The number of halogens is 1. The van der Waals surface area contributed by atoms with Crippen LogP contribution in [0, 0.1) is 0 Å². The minimum absolute atomic E-state index is 0.0823. The maximum Gasteiger partial charge on any atom is 0.231 e. The third kappa shape index (κ3) is 2.70. The number of carbonyl (C=O) groups excluding carboxylic acids is 1. The molecule has 0 aromatic heterocycles. The Kier molecular flexibility index (Phi) is 3.26. The molecule has 1 aliphatic heterocycles. The third-order valence-electron chi connectivity index (χ3n) is 2.27. The predicted octanol–water partition coefficient (Wildman–Crippen LogP) is 1.34. The molecule has 7 heteroatoms. The van der Waals surface area contributed by atoms with Crippen LogP contribution in [0.2, 0.25) is 0 Å². The van der Waals surface area contributed by atoms with Crippen LogP contribution in [0.3, 0.4) is 0 Å². The molecule has 1 aliphatic rings. The van der Waals surface area contributed by atoms with Crippen LogP contribution in [-0.4, -0.2) is 26.2 Å². The van der Waals surface area contributed by atoms with Gasteiger partial charge in [0.1, 0.15) is 0 Å². The number of rotatable bonds is 4. The molecule has 0 atom stereocenters. The van der Waals surface area contributed by atoms with E-state index in [9.17, 15) is 13.2 Å². The average molecular weight is 277 g/mol. The first kappa shape index (κ1) is 12.2. The predicted molar refractivity (Wildman–Crippen MR) is 60.1 cm³/mol. The van der Waals surface area contributed by atoms with Crippen LogP contribution in [0.25, 0.3) is 0 Å². The van der Waals surface area contributed by atoms with Gasteiger partial charge in [-0.1, -0.05) is 0 Å². The first-order chi connectivity index (χ1) is 7.99. The highest BCUT2D eigenvalue weighted by atomic mass is 35.5. The summed E-state index contributed by atoms with van der Waals surface area (Å²) in [4.78, 5) is 10.7. The molecule has 92 valence electrons. The summed E-state index contributed by atoms with van der Waals surface area (Å²) in [5.74, 6) is 0.593. The molecule has 5 nitrogen and oxygen atoms in total. The number of sulfone groups is 1. The molecule has 0 amide bonds. The number of carbonyl (C=O) groups is 1. The molecule has 0 saturated carbocycles. The Morgan fingerprint density at radius 3 is 2.71 bits per heavy atom. The van der Waals surface area contributed by atoms with E-state index >= 15 is 0 Å². The monoisotopic (exact) mass is 276 g/mol. The number of hydrogen-bond donors (Lipinski definition) is 0. The molecule has 0 radical (unpaired) electrons. The maximum atomic E-state index is 11.8. The smallest absolute Gasteiger partial charge is 0.231 e. The van der Waals surface area contributed by atoms with Gasteiger partial charge < -0.3 is 9.47 Å².